The van der Waals surface area contributed by atoms with E-state index >= 15 is 0 Å². The lowest BCUT2D eigenvalue weighted by atomic mass is 9.94. The molecule has 2 heterocycles. The number of hydrogen-bond donors (Lipinski definition) is 3. The van der Waals surface area contributed by atoms with Crippen molar-refractivity contribution in [3.05, 3.63) is 125 Å². The van der Waals surface area contributed by atoms with E-state index in [1.54, 1.807) is 18.2 Å². The lowest BCUT2D eigenvalue weighted by Gasteiger charge is -2.25. The van der Waals surface area contributed by atoms with Gasteiger partial charge in [-0.1, -0.05) is 18.2 Å². The summed E-state index contributed by atoms with van der Waals surface area (Å²) in [6.07, 6.45) is -3.04. The Balaban J connectivity index is 1.52. The van der Waals surface area contributed by atoms with Crippen LogP contribution in [0.1, 0.15) is 33.2 Å². The van der Waals surface area contributed by atoms with Gasteiger partial charge in [0.1, 0.15) is 23.7 Å². The molecule has 43 heavy (non-hydrogen) atoms. The molecule has 0 spiro atoms. The van der Waals surface area contributed by atoms with Crippen LogP contribution in [-0.4, -0.2) is 26.8 Å². The fourth-order valence-corrected chi connectivity index (χ4v) is 5.01. The van der Waals surface area contributed by atoms with E-state index in [4.69, 9.17) is 5.73 Å². The third kappa shape index (κ3) is 6.71. The van der Waals surface area contributed by atoms with Crippen LogP contribution in [0.25, 0.3) is 22.0 Å². The SMILES string of the molecule is NC(=O)c1cc(-c2cccnc2[C@H](Cc2cc(F)cc(F)c2)NC(O)Cn2ccc3ccc(C(F)(F)F)cc32)ccc1F. The molecule has 2 aromatic heterocycles. The third-order valence-corrected chi connectivity index (χ3v) is 6.94. The lowest BCUT2D eigenvalue weighted by Crippen LogP contribution is -2.37. The Morgan fingerprint density at radius 1 is 0.977 bits per heavy atom. The Hall–Kier alpha value is -4.68. The zero-order valence-electron chi connectivity index (χ0n) is 22.2. The van der Waals surface area contributed by atoms with Crippen LogP contribution in [0.5, 0.6) is 0 Å². The van der Waals surface area contributed by atoms with Gasteiger partial charge in [-0.2, -0.15) is 13.2 Å². The molecular weight excluding hydrogens is 574 g/mol. The molecule has 5 rings (SSSR count). The number of carbonyl (C=O) groups is 1. The average Bonchev–Trinajstić information content (AvgIpc) is 3.33. The molecule has 0 saturated heterocycles. The topological polar surface area (TPSA) is 93.2 Å². The number of benzene rings is 3. The summed E-state index contributed by atoms with van der Waals surface area (Å²) in [6.45, 7) is -0.191. The maximum absolute atomic E-state index is 14.2. The van der Waals surface area contributed by atoms with Crippen molar-refractivity contribution in [3.8, 4) is 11.1 Å². The summed E-state index contributed by atoms with van der Waals surface area (Å²) in [5.74, 6) is -3.45. The van der Waals surface area contributed by atoms with Gasteiger partial charge in [0.05, 0.1) is 29.4 Å². The van der Waals surface area contributed by atoms with Crippen molar-refractivity contribution in [1.82, 2.24) is 14.9 Å². The van der Waals surface area contributed by atoms with Gasteiger partial charge in [0.25, 0.3) is 5.91 Å². The molecule has 1 amide bonds. The second-order valence-electron chi connectivity index (χ2n) is 9.95. The highest BCUT2D eigenvalue weighted by Gasteiger charge is 2.31. The van der Waals surface area contributed by atoms with E-state index in [1.807, 2.05) is 0 Å². The number of amides is 1. The fourth-order valence-electron chi connectivity index (χ4n) is 5.01. The molecule has 0 aliphatic rings. The van der Waals surface area contributed by atoms with Gasteiger partial charge >= 0.3 is 6.18 Å². The first-order valence-electron chi connectivity index (χ1n) is 13.0. The van der Waals surface area contributed by atoms with Crippen molar-refractivity contribution in [2.75, 3.05) is 0 Å². The molecule has 0 aliphatic carbocycles. The first-order valence-corrected chi connectivity index (χ1v) is 13.0. The standard InChI is InChI=1S/C31H24F6N4O2/c32-21-10-17(11-22(33)15-21)12-26(29-23(2-1-8-39-29)19-4-6-25(34)24(13-19)30(38)43)40-28(42)16-41-9-7-18-3-5-20(14-27(18)41)31(35,36)37/h1-11,13-15,26,28,40,42H,12,16H2,(H2,38,43)/t26-,28?/m0/s1. The second kappa shape index (κ2) is 11.9. The molecule has 12 heteroatoms. The van der Waals surface area contributed by atoms with E-state index in [-0.39, 0.29) is 35.3 Å². The number of aliphatic hydroxyl groups is 1. The fraction of sp³-hybridized carbons (Fsp3) is 0.161. The molecule has 0 radical (unpaired) electrons. The van der Waals surface area contributed by atoms with E-state index in [9.17, 15) is 36.2 Å². The number of carbonyl (C=O) groups excluding carboxylic acids is 1. The van der Waals surface area contributed by atoms with Crippen molar-refractivity contribution in [2.45, 2.75) is 31.4 Å². The summed E-state index contributed by atoms with van der Waals surface area (Å²) in [5.41, 5.74) is 5.62. The highest BCUT2D eigenvalue weighted by molar-refractivity contribution is 5.94. The summed E-state index contributed by atoms with van der Waals surface area (Å²) in [6, 6.07) is 13.9. The summed E-state index contributed by atoms with van der Waals surface area (Å²) in [7, 11) is 0. The number of halogens is 6. The summed E-state index contributed by atoms with van der Waals surface area (Å²) in [4.78, 5) is 16.2. The Bertz CT molecular complexity index is 1780. The molecule has 2 atom stereocenters. The normalized spacial score (nSPS) is 13.3. The molecule has 0 aliphatic heterocycles. The predicted octanol–water partition coefficient (Wildman–Crippen LogP) is 6.13. The molecule has 5 aromatic rings. The number of nitrogens with two attached hydrogens (primary N) is 1. The quantitative estimate of drug-likeness (QED) is 0.141. The Kier molecular flexibility index (Phi) is 8.25. The lowest BCUT2D eigenvalue weighted by molar-refractivity contribution is -0.137. The van der Waals surface area contributed by atoms with Crippen LogP contribution >= 0.6 is 0 Å². The van der Waals surface area contributed by atoms with Crippen molar-refractivity contribution < 1.29 is 36.2 Å². The molecule has 222 valence electrons. The van der Waals surface area contributed by atoms with Gasteiger partial charge < -0.3 is 15.4 Å². The number of aliphatic hydroxyl groups excluding tert-OH is 1. The highest BCUT2D eigenvalue weighted by atomic mass is 19.4. The van der Waals surface area contributed by atoms with Crippen LogP contribution < -0.4 is 11.1 Å². The second-order valence-corrected chi connectivity index (χ2v) is 9.95. The number of alkyl halides is 3. The van der Waals surface area contributed by atoms with Crippen molar-refractivity contribution in [3.63, 3.8) is 0 Å². The van der Waals surface area contributed by atoms with Gasteiger partial charge in [0.15, 0.2) is 0 Å². The average molecular weight is 599 g/mol. The monoisotopic (exact) mass is 598 g/mol. The highest BCUT2D eigenvalue weighted by Crippen LogP contribution is 2.33. The summed E-state index contributed by atoms with van der Waals surface area (Å²) in [5, 5.41) is 14.6. The molecular formula is C31H24F6N4O2. The molecule has 1 unspecified atom stereocenters. The van der Waals surface area contributed by atoms with E-state index in [0.29, 0.717) is 22.6 Å². The smallest absolute Gasteiger partial charge is 0.377 e. The van der Waals surface area contributed by atoms with Crippen LogP contribution in [-0.2, 0) is 19.1 Å². The van der Waals surface area contributed by atoms with E-state index in [0.717, 1.165) is 30.3 Å². The molecule has 3 aromatic carbocycles. The predicted molar refractivity (Wildman–Crippen MR) is 147 cm³/mol. The molecule has 0 saturated carbocycles. The zero-order valence-corrected chi connectivity index (χ0v) is 22.2. The van der Waals surface area contributed by atoms with Crippen LogP contribution in [0.3, 0.4) is 0 Å². The first-order chi connectivity index (χ1) is 20.4. The van der Waals surface area contributed by atoms with Crippen LogP contribution in [0.4, 0.5) is 26.3 Å². The van der Waals surface area contributed by atoms with Gasteiger partial charge in [0.2, 0.25) is 0 Å². The first kappa shape index (κ1) is 29.8. The van der Waals surface area contributed by atoms with Crippen molar-refractivity contribution in [1.29, 1.82) is 0 Å². The summed E-state index contributed by atoms with van der Waals surface area (Å²) < 4.78 is 83.8. The number of rotatable bonds is 9. The van der Waals surface area contributed by atoms with Gasteiger partial charge in [-0.05, 0) is 71.5 Å². The summed E-state index contributed by atoms with van der Waals surface area (Å²) >= 11 is 0. The number of primary amides is 1. The minimum absolute atomic E-state index is 0.0791. The van der Waals surface area contributed by atoms with E-state index < -0.39 is 47.4 Å². The maximum Gasteiger partial charge on any atom is 0.416 e. The number of hydrogen-bond acceptors (Lipinski definition) is 4. The van der Waals surface area contributed by atoms with Gasteiger partial charge in [0, 0.05) is 29.5 Å². The van der Waals surface area contributed by atoms with E-state index in [2.05, 4.69) is 10.3 Å². The minimum atomic E-state index is -4.56. The van der Waals surface area contributed by atoms with Crippen LogP contribution in [0.15, 0.2) is 85.2 Å². The van der Waals surface area contributed by atoms with Gasteiger partial charge in [-0.25, -0.2) is 13.2 Å². The maximum atomic E-state index is 14.2. The Morgan fingerprint density at radius 3 is 2.42 bits per heavy atom. The Morgan fingerprint density at radius 2 is 1.72 bits per heavy atom. The largest absolute Gasteiger partial charge is 0.416 e. The van der Waals surface area contributed by atoms with Crippen LogP contribution in [0.2, 0.25) is 0 Å². The third-order valence-electron chi connectivity index (χ3n) is 6.94. The molecule has 4 N–H and O–H groups in total. The molecule has 0 fully saturated rings. The zero-order chi connectivity index (χ0) is 30.9. The Labute approximate surface area is 241 Å². The molecule has 6 nitrogen and oxygen atoms in total. The number of pyridine rings is 1. The number of fused-ring (bicyclic) bond motifs is 1. The minimum Gasteiger partial charge on any atom is -0.377 e. The van der Waals surface area contributed by atoms with E-state index in [1.165, 1.54) is 35.2 Å². The van der Waals surface area contributed by atoms with Gasteiger partial charge in [-0.15, -0.1) is 0 Å². The van der Waals surface area contributed by atoms with Crippen molar-refractivity contribution >= 4 is 16.8 Å². The molecule has 0 bridgehead atoms. The van der Waals surface area contributed by atoms with Crippen molar-refractivity contribution in [2.24, 2.45) is 5.73 Å². The number of aromatic nitrogens is 2. The number of nitrogens with one attached hydrogen (secondary N) is 1. The number of nitrogens with zero attached hydrogens (tertiary/aromatic N) is 2. The van der Waals surface area contributed by atoms with Gasteiger partial charge in [-0.3, -0.25) is 15.1 Å². The van der Waals surface area contributed by atoms with Crippen LogP contribution in [0, 0.1) is 17.5 Å².